The summed E-state index contributed by atoms with van der Waals surface area (Å²) in [4.78, 5) is 28.3. The summed E-state index contributed by atoms with van der Waals surface area (Å²) in [5.74, 6) is 1.56. The molecule has 0 bridgehead atoms. The minimum absolute atomic E-state index is 0.142. The van der Waals surface area contributed by atoms with Crippen LogP contribution in [-0.2, 0) is 9.59 Å². The Morgan fingerprint density at radius 3 is 2.04 bits per heavy atom. The maximum absolute atomic E-state index is 12.3. The Morgan fingerprint density at radius 1 is 0.833 bits per heavy atom. The summed E-state index contributed by atoms with van der Waals surface area (Å²) in [6, 6.07) is 0. The van der Waals surface area contributed by atoms with Gasteiger partial charge in [-0.25, -0.2) is 0 Å². The molecule has 1 rings (SSSR count). The zero-order valence-electron chi connectivity index (χ0n) is 16.4. The first-order chi connectivity index (χ1) is 11.4. The molecule has 0 N–H and O–H groups in total. The van der Waals surface area contributed by atoms with Gasteiger partial charge in [0, 0.05) is 44.9 Å². The zero-order chi connectivity index (χ0) is 17.9. The van der Waals surface area contributed by atoms with Crippen LogP contribution in [0, 0.1) is 11.8 Å². The van der Waals surface area contributed by atoms with E-state index in [9.17, 15) is 9.59 Å². The monoisotopic (exact) mass is 338 g/mol. The second-order valence-corrected chi connectivity index (χ2v) is 7.94. The van der Waals surface area contributed by atoms with Crippen LogP contribution in [0.4, 0.5) is 0 Å². The fourth-order valence-corrected chi connectivity index (χ4v) is 3.14. The number of rotatable bonds is 11. The summed E-state index contributed by atoms with van der Waals surface area (Å²) in [6.07, 6.45) is 6.69. The molecule has 1 aliphatic heterocycles. The van der Waals surface area contributed by atoms with Crippen LogP contribution in [0.15, 0.2) is 0 Å². The van der Waals surface area contributed by atoms with Gasteiger partial charge in [0.25, 0.3) is 0 Å². The Morgan fingerprint density at radius 2 is 1.46 bits per heavy atom. The summed E-state index contributed by atoms with van der Waals surface area (Å²) < 4.78 is 0. The van der Waals surface area contributed by atoms with Crippen LogP contribution in [0.2, 0.25) is 0 Å². The SMILES string of the molecule is CC(C)CCCN1CCN(C(=O)CCCCCC(=O)C(C)C)CC1. The normalized spacial score (nSPS) is 16.2. The van der Waals surface area contributed by atoms with E-state index in [1.165, 1.54) is 19.4 Å². The number of ketones is 1. The molecular formula is C20H38N2O2. The number of carbonyl (C=O) groups excluding carboxylic acids is 2. The lowest BCUT2D eigenvalue weighted by Gasteiger charge is -2.35. The van der Waals surface area contributed by atoms with Gasteiger partial charge in [-0.2, -0.15) is 0 Å². The predicted octanol–water partition coefficient (Wildman–Crippen LogP) is 3.74. The number of amides is 1. The Balaban J connectivity index is 2.07. The van der Waals surface area contributed by atoms with Crippen molar-refractivity contribution in [1.29, 1.82) is 0 Å². The minimum atomic E-state index is 0.142. The molecule has 140 valence electrons. The predicted molar refractivity (Wildman–Crippen MR) is 100 cm³/mol. The standard InChI is InChI=1S/C20H38N2O2/c1-17(2)9-8-12-21-13-15-22(16-14-21)20(24)11-7-5-6-10-19(23)18(3)4/h17-18H,5-16H2,1-4H3. The Labute approximate surface area is 149 Å². The van der Waals surface area contributed by atoms with Crippen LogP contribution in [0.25, 0.3) is 0 Å². The number of unbranched alkanes of at least 4 members (excludes halogenated alkanes) is 2. The zero-order valence-corrected chi connectivity index (χ0v) is 16.4. The van der Waals surface area contributed by atoms with Gasteiger partial charge in [-0.05, 0) is 38.1 Å². The van der Waals surface area contributed by atoms with E-state index in [1.807, 2.05) is 18.7 Å². The molecule has 0 aromatic carbocycles. The van der Waals surface area contributed by atoms with Crippen LogP contribution in [0.3, 0.4) is 0 Å². The van der Waals surface area contributed by atoms with Gasteiger partial charge in [0.2, 0.25) is 5.91 Å². The second kappa shape index (κ2) is 11.6. The fraction of sp³-hybridized carbons (Fsp3) is 0.900. The third-order valence-corrected chi connectivity index (χ3v) is 4.94. The van der Waals surface area contributed by atoms with E-state index in [0.717, 1.165) is 51.4 Å². The molecule has 0 radical (unpaired) electrons. The highest BCUT2D eigenvalue weighted by atomic mass is 16.2. The van der Waals surface area contributed by atoms with E-state index in [0.29, 0.717) is 24.5 Å². The largest absolute Gasteiger partial charge is 0.340 e. The van der Waals surface area contributed by atoms with Crippen LogP contribution in [0.1, 0.15) is 72.6 Å². The molecule has 0 aromatic rings. The van der Waals surface area contributed by atoms with Gasteiger partial charge in [-0.15, -0.1) is 0 Å². The van der Waals surface area contributed by atoms with E-state index in [2.05, 4.69) is 18.7 Å². The van der Waals surface area contributed by atoms with Crippen molar-refractivity contribution in [3.63, 3.8) is 0 Å². The molecular weight excluding hydrogens is 300 g/mol. The van der Waals surface area contributed by atoms with E-state index >= 15 is 0 Å². The van der Waals surface area contributed by atoms with E-state index < -0.39 is 0 Å². The molecule has 1 aliphatic rings. The van der Waals surface area contributed by atoms with Crippen molar-refractivity contribution in [2.75, 3.05) is 32.7 Å². The molecule has 1 saturated heterocycles. The molecule has 1 amide bonds. The quantitative estimate of drug-likeness (QED) is 0.539. The van der Waals surface area contributed by atoms with Crippen molar-refractivity contribution in [2.24, 2.45) is 11.8 Å². The molecule has 0 atom stereocenters. The number of carbonyl (C=O) groups is 2. The Bertz CT molecular complexity index is 372. The molecule has 0 aliphatic carbocycles. The Kier molecular flexibility index (Phi) is 10.2. The first kappa shape index (κ1) is 21.1. The van der Waals surface area contributed by atoms with Crippen LogP contribution >= 0.6 is 0 Å². The summed E-state index contributed by atoms with van der Waals surface area (Å²) in [5, 5.41) is 0. The van der Waals surface area contributed by atoms with Crippen LogP contribution in [-0.4, -0.2) is 54.2 Å². The Hall–Kier alpha value is -0.900. The number of hydrogen-bond acceptors (Lipinski definition) is 3. The summed E-state index contributed by atoms with van der Waals surface area (Å²) in [5.41, 5.74) is 0. The van der Waals surface area contributed by atoms with Gasteiger partial charge in [-0.3, -0.25) is 14.5 Å². The van der Waals surface area contributed by atoms with Crippen LogP contribution in [0.5, 0.6) is 0 Å². The molecule has 0 aromatic heterocycles. The average Bonchev–Trinajstić information content (AvgIpc) is 2.54. The highest BCUT2D eigenvalue weighted by molar-refractivity contribution is 5.80. The van der Waals surface area contributed by atoms with E-state index in [-0.39, 0.29) is 5.92 Å². The van der Waals surface area contributed by atoms with Crippen LogP contribution < -0.4 is 0 Å². The third kappa shape index (κ3) is 8.81. The lowest BCUT2D eigenvalue weighted by molar-refractivity contribution is -0.133. The molecule has 4 heteroatoms. The molecule has 0 spiro atoms. The number of hydrogen-bond donors (Lipinski definition) is 0. The van der Waals surface area contributed by atoms with Crippen molar-refractivity contribution >= 4 is 11.7 Å². The van der Waals surface area contributed by atoms with E-state index in [4.69, 9.17) is 0 Å². The first-order valence-electron chi connectivity index (χ1n) is 9.93. The summed E-state index contributed by atoms with van der Waals surface area (Å²) in [6.45, 7) is 13.4. The molecule has 0 unspecified atom stereocenters. The van der Waals surface area contributed by atoms with Gasteiger partial charge >= 0.3 is 0 Å². The maximum atomic E-state index is 12.3. The highest BCUT2D eigenvalue weighted by Gasteiger charge is 2.20. The topological polar surface area (TPSA) is 40.6 Å². The lowest BCUT2D eigenvalue weighted by Crippen LogP contribution is -2.48. The highest BCUT2D eigenvalue weighted by Crippen LogP contribution is 2.11. The van der Waals surface area contributed by atoms with Crippen molar-refractivity contribution in [3.05, 3.63) is 0 Å². The van der Waals surface area contributed by atoms with Crippen molar-refractivity contribution < 1.29 is 9.59 Å². The molecule has 1 fully saturated rings. The first-order valence-corrected chi connectivity index (χ1v) is 9.93. The average molecular weight is 339 g/mol. The molecule has 0 saturated carbocycles. The number of Topliss-reactive ketones (excluding diaryl/α,β-unsaturated/α-hetero) is 1. The summed E-state index contributed by atoms with van der Waals surface area (Å²) >= 11 is 0. The van der Waals surface area contributed by atoms with Gasteiger partial charge in [-0.1, -0.05) is 34.1 Å². The smallest absolute Gasteiger partial charge is 0.222 e. The van der Waals surface area contributed by atoms with E-state index in [1.54, 1.807) is 0 Å². The van der Waals surface area contributed by atoms with Gasteiger partial charge in [0.15, 0.2) is 0 Å². The third-order valence-electron chi connectivity index (χ3n) is 4.94. The second-order valence-electron chi connectivity index (χ2n) is 7.94. The molecule has 4 nitrogen and oxygen atoms in total. The van der Waals surface area contributed by atoms with Gasteiger partial charge in [0.1, 0.15) is 5.78 Å². The van der Waals surface area contributed by atoms with Crippen molar-refractivity contribution in [1.82, 2.24) is 9.80 Å². The molecule has 24 heavy (non-hydrogen) atoms. The lowest BCUT2D eigenvalue weighted by atomic mass is 10.0. The summed E-state index contributed by atoms with van der Waals surface area (Å²) in [7, 11) is 0. The molecule has 1 heterocycles. The van der Waals surface area contributed by atoms with Crippen molar-refractivity contribution in [2.45, 2.75) is 72.6 Å². The number of nitrogens with zero attached hydrogens (tertiary/aromatic N) is 2. The van der Waals surface area contributed by atoms with Gasteiger partial charge < -0.3 is 4.90 Å². The number of piperazine rings is 1. The van der Waals surface area contributed by atoms with Gasteiger partial charge in [0.05, 0.1) is 0 Å². The maximum Gasteiger partial charge on any atom is 0.222 e. The minimum Gasteiger partial charge on any atom is -0.340 e. The van der Waals surface area contributed by atoms with Crippen molar-refractivity contribution in [3.8, 4) is 0 Å². The fourth-order valence-electron chi connectivity index (χ4n) is 3.14.